The summed E-state index contributed by atoms with van der Waals surface area (Å²) in [5.74, 6) is 0.991. The number of ether oxygens (including phenoxy) is 1. The largest absolute Gasteiger partial charge is 0.497 e. The van der Waals surface area contributed by atoms with Crippen LogP contribution in [0, 0.1) is 0 Å². The zero-order valence-electron chi connectivity index (χ0n) is 17.0. The standard InChI is InChI=1S/C23H31N3O2/c1-24(18-21-9-6-10-22(17-21)28-2)23(27)19-26-15-13-25(14-16-26)12-11-20-7-4-3-5-8-20/h3-10,17H,11-16,18-19H2,1-2H3. The summed E-state index contributed by atoms with van der Waals surface area (Å²) in [6.45, 7) is 6.14. The van der Waals surface area contributed by atoms with Gasteiger partial charge in [-0.3, -0.25) is 9.69 Å². The minimum Gasteiger partial charge on any atom is -0.497 e. The van der Waals surface area contributed by atoms with Gasteiger partial charge >= 0.3 is 0 Å². The van der Waals surface area contributed by atoms with Gasteiger partial charge in [-0.2, -0.15) is 0 Å². The molecule has 5 nitrogen and oxygen atoms in total. The molecule has 0 unspecified atom stereocenters. The van der Waals surface area contributed by atoms with E-state index in [4.69, 9.17) is 4.74 Å². The summed E-state index contributed by atoms with van der Waals surface area (Å²) >= 11 is 0. The monoisotopic (exact) mass is 381 g/mol. The molecule has 1 aliphatic rings. The SMILES string of the molecule is COc1cccc(CN(C)C(=O)CN2CCN(CCc3ccccc3)CC2)c1. The van der Waals surface area contributed by atoms with Crippen LogP contribution in [0.3, 0.4) is 0 Å². The predicted octanol–water partition coefficient (Wildman–Crippen LogP) is 2.51. The van der Waals surface area contributed by atoms with Crippen LogP contribution in [0.4, 0.5) is 0 Å². The van der Waals surface area contributed by atoms with Gasteiger partial charge in [0.25, 0.3) is 0 Å². The normalized spacial score (nSPS) is 15.4. The van der Waals surface area contributed by atoms with Gasteiger partial charge < -0.3 is 14.5 Å². The fourth-order valence-electron chi connectivity index (χ4n) is 3.55. The van der Waals surface area contributed by atoms with Crippen molar-refractivity contribution in [2.75, 3.05) is 53.4 Å². The Kier molecular flexibility index (Phi) is 7.46. The maximum absolute atomic E-state index is 12.6. The van der Waals surface area contributed by atoms with Crippen LogP contribution >= 0.6 is 0 Å². The molecule has 0 bridgehead atoms. The highest BCUT2D eigenvalue weighted by Crippen LogP contribution is 2.14. The number of hydrogen-bond donors (Lipinski definition) is 0. The van der Waals surface area contributed by atoms with Crippen molar-refractivity contribution in [1.82, 2.24) is 14.7 Å². The highest BCUT2D eigenvalue weighted by Gasteiger charge is 2.20. The second kappa shape index (κ2) is 10.2. The quantitative estimate of drug-likeness (QED) is 0.704. The van der Waals surface area contributed by atoms with Crippen molar-refractivity contribution < 1.29 is 9.53 Å². The van der Waals surface area contributed by atoms with Gasteiger partial charge in [0, 0.05) is 46.3 Å². The van der Waals surface area contributed by atoms with Crippen LogP contribution in [0.1, 0.15) is 11.1 Å². The molecular formula is C23H31N3O2. The van der Waals surface area contributed by atoms with Crippen LogP contribution in [-0.2, 0) is 17.8 Å². The van der Waals surface area contributed by atoms with Gasteiger partial charge in [0.05, 0.1) is 13.7 Å². The van der Waals surface area contributed by atoms with E-state index in [1.54, 1.807) is 12.0 Å². The molecule has 28 heavy (non-hydrogen) atoms. The number of benzene rings is 2. The average molecular weight is 382 g/mol. The zero-order valence-corrected chi connectivity index (χ0v) is 17.0. The molecule has 2 aromatic rings. The first-order valence-electron chi connectivity index (χ1n) is 9.99. The van der Waals surface area contributed by atoms with Crippen molar-refractivity contribution in [2.24, 2.45) is 0 Å². The first-order valence-corrected chi connectivity index (χ1v) is 9.99. The number of likely N-dealkylation sites (N-methyl/N-ethyl adjacent to an activating group) is 1. The van der Waals surface area contributed by atoms with Crippen LogP contribution in [0.2, 0.25) is 0 Å². The van der Waals surface area contributed by atoms with Gasteiger partial charge in [-0.15, -0.1) is 0 Å². The fourth-order valence-corrected chi connectivity index (χ4v) is 3.55. The summed E-state index contributed by atoms with van der Waals surface area (Å²) in [6, 6.07) is 18.5. The molecule has 5 heteroatoms. The second-order valence-corrected chi connectivity index (χ2v) is 7.45. The van der Waals surface area contributed by atoms with Crippen LogP contribution in [-0.4, -0.2) is 74.0 Å². The number of methoxy groups -OCH3 is 1. The molecule has 1 heterocycles. The number of carbonyl (C=O) groups is 1. The van der Waals surface area contributed by atoms with Gasteiger partial charge in [0.2, 0.25) is 5.91 Å². The van der Waals surface area contributed by atoms with Crippen LogP contribution in [0.15, 0.2) is 54.6 Å². The third-order valence-electron chi connectivity index (χ3n) is 5.36. The molecule has 1 fully saturated rings. The van der Waals surface area contributed by atoms with E-state index in [9.17, 15) is 4.79 Å². The van der Waals surface area contributed by atoms with Gasteiger partial charge in [-0.05, 0) is 29.7 Å². The third-order valence-corrected chi connectivity index (χ3v) is 5.36. The van der Waals surface area contributed by atoms with E-state index >= 15 is 0 Å². The molecule has 150 valence electrons. The van der Waals surface area contributed by atoms with Gasteiger partial charge in [0.1, 0.15) is 5.75 Å². The summed E-state index contributed by atoms with van der Waals surface area (Å²) in [5.41, 5.74) is 2.47. The van der Waals surface area contributed by atoms with E-state index in [2.05, 4.69) is 40.1 Å². The van der Waals surface area contributed by atoms with Crippen molar-refractivity contribution in [3.63, 3.8) is 0 Å². The summed E-state index contributed by atoms with van der Waals surface area (Å²) < 4.78 is 5.26. The Balaban J connectivity index is 1.39. The predicted molar refractivity (Wildman–Crippen MR) is 112 cm³/mol. The number of hydrogen-bond acceptors (Lipinski definition) is 4. The number of piperazine rings is 1. The van der Waals surface area contributed by atoms with Crippen LogP contribution in [0.25, 0.3) is 0 Å². The molecule has 0 N–H and O–H groups in total. The molecule has 1 aliphatic heterocycles. The van der Waals surface area contributed by atoms with Crippen molar-refractivity contribution in [1.29, 1.82) is 0 Å². The molecule has 3 rings (SSSR count). The maximum Gasteiger partial charge on any atom is 0.236 e. The van der Waals surface area contributed by atoms with E-state index in [0.29, 0.717) is 13.1 Å². The van der Waals surface area contributed by atoms with E-state index in [-0.39, 0.29) is 5.91 Å². The van der Waals surface area contributed by atoms with Crippen LogP contribution in [0.5, 0.6) is 5.75 Å². The number of carbonyl (C=O) groups excluding carboxylic acids is 1. The minimum atomic E-state index is 0.167. The van der Waals surface area contributed by atoms with Crippen molar-refractivity contribution >= 4 is 5.91 Å². The van der Waals surface area contributed by atoms with E-state index < -0.39 is 0 Å². The highest BCUT2D eigenvalue weighted by molar-refractivity contribution is 5.78. The molecule has 0 aliphatic carbocycles. The molecule has 0 saturated carbocycles. The average Bonchev–Trinajstić information content (AvgIpc) is 2.74. The van der Waals surface area contributed by atoms with Gasteiger partial charge in [-0.1, -0.05) is 42.5 Å². The lowest BCUT2D eigenvalue weighted by molar-refractivity contribution is -0.132. The number of nitrogens with zero attached hydrogens (tertiary/aromatic N) is 3. The zero-order chi connectivity index (χ0) is 19.8. The topological polar surface area (TPSA) is 36.0 Å². The lowest BCUT2D eigenvalue weighted by Gasteiger charge is -2.35. The highest BCUT2D eigenvalue weighted by atomic mass is 16.5. The van der Waals surface area contributed by atoms with Crippen molar-refractivity contribution in [3.05, 3.63) is 65.7 Å². The fraction of sp³-hybridized carbons (Fsp3) is 0.435. The molecular weight excluding hydrogens is 350 g/mol. The van der Waals surface area contributed by atoms with Gasteiger partial charge in [0.15, 0.2) is 0 Å². The lowest BCUT2D eigenvalue weighted by Crippen LogP contribution is -2.49. The summed E-state index contributed by atoms with van der Waals surface area (Å²) in [4.78, 5) is 19.2. The van der Waals surface area contributed by atoms with Crippen molar-refractivity contribution in [3.8, 4) is 5.75 Å². The van der Waals surface area contributed by atoms with Crippen LogP contribution < -0.4 is 4.74 Å². The Morgan fingerprint density at radius 1 is 0.964 bits per heavy atom. The van der Waals surface area contributed by atoms with Gasteiger partial charge in [-0.25, -0.2) is 0 Å². The Morgan fingerprint density at radius 2 is 1.64 bits per heavy atom. The minimum absolute atomic E-state index is 0.167. The smallest absolute Gasteiger partial charge is 0.236 e. The van der Waals surface area contributed by atoms with E-state index in [1.807, 2.05) is 31.3 Å². The lowest BCUT2D eigenvalue weighted by atomic mass is 10.1. The van der Waals surface area contributed by atoms with Crippen molar-refractivity contribution in [2.45, 2.75) is 13.0 Å². The van der Waals surface area contributed by atoms with E-state index in [1.165, 1.54) is 5.56 Å². The third kappa shape index (κ3) is 6.08. The van der Waals surface area contributed by atoms with E-state index in [0.717, 1.165) is 50.5 Å². The molecule has 0 spiro atoms. The molecule has 0 radical (unpaired) electrons. The molecule has 0 aromatic heterocycles. The summed E-state index contributed by atoms with van der Waals surface area (Å²) in [5, 5.41) is 0. The molecule has 1 amide bonds. The maximum atomic E-state index is 12.6. The summed E-state index contributed by atoms with van der Waals surface area (Å²) in [6.07, 6.45) is 1.09. The number of rotatable bonds is 8. The Morgan fingerprint density at radius 3 is 2.36 bits per heavy atom. The Bertz CT molecular complexity index is 743. The molecule has 1 saturated heterocycles. The first-order chi connectivity index (χ1) is 13.6. The first kappa shape index (κ1) is 20.4. The second-order valence-electron chi connectivity index (χ2n) is 7.45. The molecule has 0 atom stereocenters. The summed E-state index contributed by atoms with van der Waals surface area (Å²) in [7, 11) is 3.53. The number of amides is 1. The Hall–Kier alpha value is -2.37. The Labute approximate surface area is 168 Å². The molecule has 2 aromatic carbocycles.